The number of hydrogen-bond donors (Lipinski definition) is 2. The van der Waals surface area contributed by atoms with E-state index in [2.05, 4.69) is 5.32 Å². The fourth-order valence-corrected chi connectivity index (χ4v) is 3.11. The summed E-state index contributed by atoms with van der Waals surface area (Å²) in [6.07, 6.45) is 2.70. The Hall–Kier alpha value is -3.28. The van der Waals surface area contributed by atoms with Crippen LogP contribution in [0.25, 0.3) is 6.08 Å². The molecule has 0 saturated heterocycles. The van der Waals surface area contributed by atoms with Crippen LogP contribution in [0, 0.1) is 0 Å². The molecular weight excluding hydrogens is 358 g/mol. The number of amides is 1. The van der Waals surface area contributed by atoms with Crippen LogP contribution in [0.2, 0.25) is 0 Å². The molecule has 3 rings (SSSR count). The van der Waals surface area contributed by atoms with Crippen molar-refractivity contribution in [3.05, 3.63) is 65.2 Å². The van der Waals surface area contributed by atoms with Crippen molar-refractivity contribution in [2.45, 2.75) is 25.3 Å². The average Bonchev–Trinajstić information content (AvgIpc) is 2.71. The minimum atomic E-state index is -0.881. The van der Waals surface area contributed by atoms with Crippen molar-refractivity contribution < 1.29 is 24.2 Å². The van der Waals surface area contributed by atoms with Crippen LogP contribution in [0.4, 0.5) is 0 Å². The monoisotopic (exact) mass is 381 g/mol. The Morgan fingerprint density at radius 3 is 2.71 bits per heavy atom. The van der Waals surface area contributed by atoms with Gasteiger partial charge in [0, 0.05) is 18.0 Å². The smallest absolute Gasteiger partial charge is 0.303 e. The maximum absolute atomic E-state index is 12.8. The minimum absolute atomic E-state index is 0.00659. The zero-order valence-corrected chi connectivity index (χ0v) is 15.7. The maximum atomic E-state index is 12.8. The topological polar surface area (TPSA) is 84.9 Å². The Balaban J connectivity index is 1.73. The molecule has 1 aliphatic heterocycles. The van der Waals surface area contributed by atoms with Crippen LogP contribution >= 0.6 is 0 Å². The summed E-state index contributed by atoms with van der Waals surface area (Å²) >= 11 is 0. The predicted octanol–water partition coefficient (Wildman–Crippen LogP) is 3.06. The number of carboxylic acid groups (broad SMARTS) is 1. The van der Waals surface area contributed by atoms with Crippen LogP contribution in [-0.4, -0.2) is 36.7 Å². The standard InChI is InChI=1S/C22H23NO5/c1-27-19-8-9-20-16(13-19)12-17(14-28-20)22(26)23-18(7-10-21(24)25)11-15-5-3-2-4-6-15/h2-6,8-9,12-13,18H,7,10-11,14H2,1H3,(H,23,26)(H,24,25). The van der Waals surface area contributed by atoms with Crippen molar-refractivity contribution in [2.75, 3.05) is 13.7 Å². The number of aliphatic carboxylic acids is 1. The molecule has 6 nitrogen and oxygen atoms in total. The fourth-order valence-electron chi connectivity index (χ4n) is 3.11. The van der Waals surface area contributed by atoms with Gasteiger partial charge < -0.3 is 19.9 Å². The number of carbonyl (C=O) groups excluding carboxylic acids is 1. The van der Waals surface area contributed by atoms with Gasteiger partial charge in [0.25, 0.3) is 5.91 Å². The molecule has 1 amide bonds. The van der Waals surface area contributed by atoms with E-state index in [1.807, 2.05) is 42.5 Å². The summed E-state index contributed by atoms with van der Waals surface area (Å²) in [6.45, 7) is 0.169. The molecule has 0 aromatic heterocycles. The second kappa shape index (κ2) is 9.08. The van der Waals surface area contributed by atoms with Crippen molar-refractivity contribution >= 4 is 18.0 Å². The van der Waals surface area contributed by atoms with Crippen molar-refractivity contribution in [3.63, 3.8) is 0 Å². The van der Waals surface area contributed by atoms with Crippen LogP contribution in [0.5, 0.6) is 11.5 Å². The lowest BCUT2D eigenvalue weighted by Crippen LogP contribution is -2.39. The van der Waals surface area contributed by atoms with Gasteiger partial charge in [-0.15, -0.1) is 0 Å². The molecule has 2 aromatic rings. The number of ether oxygens (including phenoxy) is 2. The van der Waals surface area contributed by atoms with Gasteiger partial charge in [-0.05, 0) is 42.7 Å². The molecule has 2 N–H and O–H groups in total. The first-order valence-electron chi connectivity index (χ1n) is 9.13. The highest BCUT2D eigenvalue weighted by Crippen LogP contribution is 2.30. The molecule has 6 heteroatoms. The van der Waals surface area contributed by atoms with Gasteiger partial charge in [0.2, 0.25) is 0 Å². The molecule has 2 aromatic carbocycles. The van der Waals surface area contributed by atoms with E-state index in [-0.39, 0.29) is 25.0 Å². The lowest BCUT2D eigenvalue weighted by Gasteiger charge is -2.22. The third-order valence-corrected chi connectivity index (χ3v) is 4.59. The molecule has 1 unspecified atom stereocenters. The Kier molecular flexibility index (Phi) is 6.32. The SMILES string of the molecule is COc1ccc2c(c1)C=C(C(=O)NC(CCC(=O)O)Cc1ccccc1)CO2. The van der Waals surface area contributed by atoms with Gasteiger partial charge in [-0.3, -0.25) is 9.59 Å². The molecule has 1 atom stereocenters. The number of nitrogens with one attached hydrogen (secondary N) is 1. The normalized spacial score (nSPS) is 13.5. The first-order chi connectivity index (χ1) is 13.5. The Morgan fingerprint density at radius 1 is 1.21 bits per heavy atom. The summed E-state index contributed by atoms with van der Waals surface area (Å²) in [7, 11) is 1.58. The summed E-state index contributed by atoms with van der Waals surface area (Å²) in [5, 5.41) is 12.0. The molecule has 0 bridgehead atoms. The first kappa shape index (κ1) is 19.5. The van der Waals surface area contributed by atoms with E-state index in [0.717, 1.165) is 11.1 Å². The zero-order chi connectivity index (χ0) is 19.9. The van der Waals surface area contributed by atoms with Crippen molar-refractivity contribution in [1.82, 2.24) is 5.32 Å². The third-order valence-electron chi connectivity index (χ3n) is 4.59. The number of rotatable bonds is 8. The zero-order valence-electron chi connectivity index (χ0n) is 15.7. The van der Waals surface area contributed by atoms with Crippen molar-refractivity contribution in [3.8, 4) is 11.5 Å². The van der Waals surface area contributed by atoms with Crippen molar-refractivity contribution in [2.24, 2.45) is 0 Å². The minimum Gasteiger partial charge on any atom is -0.497 e. The summed E-state index contributed by atoms with van der Waals surface area (Å²) < 4.78 is 10.9. The van der Waals surface area contributed by atoms with Crippen LogP contribution in [-0.2, 0) is 16.0 Å². The van der Waals surface area contributed by atoms with Gasteiger partial charge in [0.1, 0.15) is 18.1 Å². The second-order valence-corrected chi connectivity index (χ2v) is 6.65. The van der Waals surface area contributed by atoms with Gasteiger partial charge in [0.15, 0.2) is 0 Å². The van der Waals surface area contributed by atoms with Crippen LogP contribution < -0.4 is 14.8 Å². The highest BCUT2D eigenvalue weighted by atomic mass is 16.5. The molecule has 28 heavy (non-hydrogen) atoms. The van der Waals surface area contributed by atoms with Gasteiger partial charge >= 0.3 is 5.97 Å². The van der Waals surface area contributed by atoms with E-state index < -0.39 is 5.97 Å². The number of methoxy groups -OCH3 is 1. The van der Waals surface area contributed by atoms with Gasteiger partial charge in [-0.2, -0.15) is 0 Å². The van der Waals surface area contributed by atoms with E-state index in [1.54, 1.807) is 19.3 Å². The second-order valence-electron chi connectivity index (χ2n) is 6.65. The van der Waals surface area contributed by atoms with E-state index in [4.69, 9.17) is 14.6 Å². The van der Waals surface area contributed by atoms with Gasteiger partial charge in [0.05, 0.1) is 12.7 Å². The number of carbonyl (C=O) groups is 2. The number of fused-ring (bicyclic) bond motifs is 1. The molecular formula is C22H23NO5. The van der Waals surface area contributed by atoms with Crippen LogP contribution in [0.1, 0.15) is 24.0 Å². The third kappa shape index (κ3) is 5.13. The molecule has 0 saturated carbocycles. The summed E-state index contributed by atoms with van der Waals surface area (Å²) in [5.74, 6) is 0.251. The molecule has 0 spiro atoms. The van der Waals surface area contributed by atoms with Crippen molar-refractivity contribution in [1.29, 1.82) is 0 Å². The summed E-state index contributed by atoms with van der Waals surface area (Å²) in [5.41, 5.74) is 2.32. The van der Waals surface area contributed by atoms with Gasteiger partial charge in [-0.1, -0.05) is 30.3 Å². The van der Waals surface area contributed by atoms with Crippen LogP contribution in [0.3, 0.4) is 0 Å². The van der Waals surface area contributed by atoms with Crippen LogP contribution in [0.15, 0.2) is 54.1 Å². The highest BCUT2D eigenvalue weighted by molar-refractivity contribution is 5.99. The van der Waals surface area contributed by atoms with E-state index in [9.17, 15) is 9.59 Å². The summed E-state index contributed by atoms with van der Waals surface area (Å²) in [6, 6.07) is 14.8. The Morgan fingerprint density at radius 2 is 2.00 bits per heavy atom. The molecule has 0 radical (unpaired) electrons. The van der Waals surface area contributed by atoms with E-state index >= 15 is 0 Å². The summed E-state index contributed by atoms with van der Waals surface area (Å²) in [4.78, 5) is 23.8. The lowest BCUT2D eigenvalue weighted by molar-refractivity contribution is -0.137. The Bertz CT molecular complexity index is 876. The molecule has 0 fully saturated rings. The number of hydrogen-bond acceptors (Lipinski definition) is 4. The molecule has 146 valence electrons. The fraction of sp³-hybridized carbons (Fsp3) is 0.273. The molecule has 0 aliphatic carbocycles. The van der Waals surface area contributed by atoms with E-state index in [0.29, 0.717) is 29.9 Å². The maximum Gasteiger partial charge on any atom is 0.303 e. The quantitative estimate of drug-likeness (QED) is 0.734. The van der Waals surface area contributed by atoms with E-state index in [1.165, 1.54) is 0 Å². The number of benzene rings is 2. The molecule has 1 heterocycles. The number of carboxylic acids is 1. The predicted molar refractivity (Wildman–Crippen MR) is 105 cm³/mol. The van der Waals surface area contributed by atoms with Gasteiger partial charge in [-0.25, -0.2) is 0 Å². The largest absolute Gasteiger partial charge is 0.497 e. The Labute approximate surface area is 163 Å². The first-order valence-corrected chi connectivity index (χ1v) is 9.13. The average molecular weight is 381 g/mol. The highest BCUT2D eigenvalue weighted by Gasteiger charge is 2.21. The molecule has 1 aliphatic rings. The lowest BCUT2D eigenvalue weighted by atomic mass is 10.0.